The molecule has 0 bridgehead atoms. The second kappa shape index (κ2) is 11.3. The summed E-state index contributed by atoms with van der Waals surface area (Å²) in [4.78, 5) is 22.7. The predicted octanol–water partition coefficient (Wildman–Crippen LogP) is 5.15. The molecule has 3 heterocycles. The molecule has 1 aromatic carbocycles. The van der Waals surface area contributed by atoms with Crippen LogP contribution in [0.5, 0.6) is 0 Å². The number of nitrogens with zero attached hydrogens (tertiary/aromatic N) is 3. The third-order valence-electron chi connectivity index (χ3n) is 7.04. The first kappa shape index (κ1) is 24.6. The van der Waals surface area contributed by atoms with Crippen molar-refractivity contribution in [3.63, 3.8) is 0 Å². The summed E-state index contributed by atoms with van der Waals surface area (Å²) < 4.78 is 0.967. The monoisotopic (exact) mass is 532 g/mol. The van der Waals surface area contributed by atoms with E-state index in [0.29, 0.717) is 24.2 Å². The first-order chi connectivity index (χ1) is 15.9. The Balaban J connectivity index is 1.55. The second-order valence-corrected chi connectivity index (χ2v) is 11.0. The van der Waals surface area contributed by atoms with Gasteiger partial charge < -0.3 is 10.2 Å². The Morgan fingerprint density at radius 3 is 2.52 bits per heavy atom. The highest BCUT2D eigenvalue weighted by Gasteiger charge is 2.37. The van der Waals surface area contributed by atoms with Crippen LogP contribution in [0.3, 0.4) is 0 Å². The van der Waals surface area contributed by atoms with Crippen LogP contribution in [0.4, 0.5) is 0 Å². The van der Waals surface area contributed by atoms with Crippen molar-refractivity contribution in [2.75, 3.05) is 32.7 Å². The summed E-state index contributed by atoms with van der Waals surface area (Å²) in [5, 5.41) is 4.13. The minimum atomic E-state index is 0.0262. The maximum atomic E-state index is 13.3. The van der Waals surface area contributed by atoms with Gasteiger partial charge in [0.1, 0.15) is 0 Å². The van der Waals surface area contributed by atoms with Crippen LogP contribution in [0.15, 0.2) is 47.1 Å². The third-order valence-corrected chi connectivity index (χ3v) is 7.76. The van der Waals surface area contributed by atoms with Gasteiger partial charge in [0, 0.05) is 47.8 Å². The van der Waals surface area contributed by atoms with Gasteiger partial charge >= 0.3 is 0 Å². The van der Waals surface area contributed by atoms with E-state index in [1.54, 1.807) is 0 Å². The van der Waals surface area contributed by atoms with E-state index in [-0.39, 0.29) is 12.1 Å². The van der Waals surface area contributed by atoms with Crippen LogP contribution in [-0.4, -0.2) is 59.5 Å². The van der Waals surface area contributed by atoms with Gasteiger partial charge in [-0.1, -0.05) is 37.6 Å². The molecule has 2 saturated heterocycles. The normalized spacial score (nSPS) is 21.4. The highest BCUT2D eigenvalue weighted by Crippen LogP contribution is 2.33. The van der Waals surface area contributed by atoms with Gasteiger partial charge in [-0.15, -0.1) is 0 Å². The molecule has 1 N–H and O–H groups in total. The number of piperidine rings is 1. The van der Waals surface area contributed by atoms with Gasteiger partial charge in [0.15, 0.2) is 0 Å². The van der Waals surface area contributed by atoms with E-state index in [1.807, 2.05) is 24.4 Å². The molecule has 1 amide bonds. The molecule has 5 nitrogen and oxygen atoms in total. The van der Waals surface area contributed by atoms with Gasteiger partial charge in [0.05, 0.1) is 11.7 Å². The Bertz CT molecular complexity index is 869. The highest BCUT2D eigenvalue weighted by molar-refractivity contribution is 9.10. The first-order valence-corrected chi connectivity index (χ1v) is 13.2. The van der Waals surface area contributed by atoms with Crippen molar-refractivity contribution in [3.8, 4) is 0 Å². The molecule has 33 heavy (non-hydrogen) atoms. The van der Waals surface area contributed by atoms with Crippen molar-refractivity contribution < 1.29 is 4.79 Å². The Hall–Kier alpha value is -1.47. The molecule has 4 rings (SSSR count). The zero-order valence-electron chi connectivity index (χ0n) is 19.5. The van der Waals surface area contributed by atoms with Gasteiger partial charge in [0.2, 0.25) is 5.91 Å². The standard InChI is InChI=1S/C26H34BrClN4O/c1-18(2)24-17-31(13-14-32(24)25(33)15-19-9-11-29-12-10-19)26(20-3-6-22(28)7-4-20)23-8-5-21(27)16-30-23/h3-8,16,18-19,24,26,29H,9-15,17H2,1-2H3/t24-,26?/m1/s1. The van der Waals surface area contributed by atoms with E-state index in [1.165, 1.54) is 5.56 Å². The van der Waals surface area contributed by atoms with Gasteiger partial charge in [0.25, 0.3) is 0 Å². The third kappa shape index (κ3) is 6.16. The number of carbonyl (C=O) groups excluding carboxylic acids is 1. The molecule has 2 atom stereocenters. The minimum Gasteiger partial charge on any atom is -0.337 e. The average molecular weight is 534 g/mol. The van der Waals surface area contributed by atoms with Crippen molar-refractivity contribution >= 4 is 33.4 Å². The Morgan fingerprint density at radius 1 is 1.15 bits per heavy atom. The maximum Gasteiger partial charge on any atom is 0.223 e. The van der Waals surface area contributed by atoms with E-state index in [4.69, 9.17) is 16.6 Å². The van der Waals surface area contributed by atoms with Crippen molar-refractivity contribution in [2.24, 2.45) is 11.8 Å². The van der Waals surface area contributed by atoms with E-state index < -0.39 is 0 Å². The fourth-order valence-corrected chi connectivity index (χ4v) is 5.52. The number of piperazine rings is 1. The fraction of sp³-hybridized carbons (Fsp3) is 0.538. The quantitative estimate of drug-likeness (QED) is 0.558. The van der Waals surface area contributed by atoms with Crippen LogP contribution in [0.1, 0.15) is 50.4 Å². The summed E-state index contributed by atoms with van der Waals surface area (Å²) in [6.45, 7) is 8.94. The molecule has 7 heteroatoms. The lowest BCUT2D eigenvalue weighted by molar-refractivity contribution is -0.139. The van der Waals surface area contributed by atoms with Crippen LogP contribution < -0.4 is 5.32 Å². The van der Waals surface area contributed by atoms with E-state index in [2.05, 4.69) is 63.1 Å². The number of hydrogen-bond acceptors (Lipinski definition) is 4. The number of halogens is 2. The number of nitrogens with one attached hydrogen (secondary N) is 1. The summed E-state index contributed by atoms with van der Waals surface area (Å²) in [6, 6.07) is 12.4. The number of aromatic nitrogens is 1. The molecule has 2 aliphatic heterocycles. The lowest BCUT2D eigenvalue weighted by Gasteiger charge is -2.46. The smallest absolute Gasteiger partial charge is 0.223 e. The second-order valence-electron chi connectivity index (χ2n) is 9.65. The van der Waals surface area contributed by atoms with Crippen LogP contribution >= 0.6 is 27.5 Å². The molecular weight excluding hydrogens is 500 g/mol. The summed E-state index contributed by atoms with van der Waals surface area (Å²) in [7, 11) is 0. The van der Waals surface area contributed by atoms with Gasteiger partial charge in [-0.3, -0.25) is 14.7 Å². The van der Waals surface area contributed by atoms with E-state index in [9.17, 15) is 4.79 Å². The molecule has 2 fully saturated rings. The number of benzene rings is 1. The van der Waals surface area contributed by atoms with Crippen LogP contribution in [0, 0.1) is 11.8 Å². The first-order valence-electron chi connectivity index (χ1n) is 12.0. The van der Waals surface area contributed by atoms with Crippen LogP contribution in [-0.2, 0) is 4.79 Å². The van der Waals surface area contributed by atoms with E-state index in [0.717, 1.165) is 60.8 Å². The molecule has 0 saturated carbocycles. The SMILES string of the molecule is CC(C)[C@H]1CN(C(c2ccc(Cl)cc2)c2ccc(Br)cn2)CCN1C(=O)CC1CCNCC1. The van der Waals surface area contributed by atoms with Gasteiger partial charge in [-0.2, -0.15) is 0 Å². The molecule has 178 valence electrons. The van der Waals surface area contributed by atoms with Gasteiger partial charge in [-0.25, -0.2) is 0 Å². The Labute approximate surface area is 211 Å². The van der Waals surface area contributed by atoms with Crippen LogP contribution in [0.2, 0.25) is 5.02 Å². The highest BCUT2D eigenvalue weighted by atomic mass is 79.9. The lowest BCUT2D eigenvalue weighted by atomic mass is 9.91. The number of amides is 1. The van der Waals surface area contributed by atoms with Crippen molar-refractivity contribution in [1.29, 1.82) is 0 Å². The molecule has 1 unspecified atom stereocenters. The zero-order chi connectivity index (χ0) is 23.4. The summed E-state index contributed by atoms with van der Waals surface area (Å²) in [5.74, 6) is 1.22. The molecule has 1 aromatic heterocycles. The topological polar surface area (TPSA) is 48.5 Å². The molecular formula is C26H34BrClN4O. The van der Waals surface area contributed by atoms with Crippen molar-refractivity contribution in [3.05, 3.63) is 63.3 Å². The molecule has 0 aliphatic carbocycles. The minimum absolute atomic E-state index is 0.0262. The Morgan fingerprint density at radius 2 is 1.88 bits per heavy atom. The van der Waals surface area contributed by atoms with Crippen molar-refractivity contribution in [2.45, 2.75) is 45.2 Å². The summed E-state index contributed by atoms with van der Waals surface area (Å²) >= 11 is 9.69. The molecule has 2 aromatic rings. The predicted molar refractivity (Wildman–Crippen MR) is 137 cm³/mol. The van der Waals surface area contributed by atoms with Crippen LogP contribution in [0.25, 0.3) is 0 Å². The number of carbonyl (C=O) groups is 1. The lowest BCUT2D eigenvalue weighted by Crippen LogP contribution is -2.58. The molecule has 0 radical (unpaired) electrons. The van der Waals surface area contributed by atoms with Crippen molar-refractivity contribution in [1.82, 2.24) is 20.1 Å². The summed E-state index contributed by atoms with van der Waals surface area (Å²) in [5.41, 5.74) is 2.18. The largest absolute Gasteiger partial charge is 0.337 e. The Kier molecular flexibility index (Phi) is 8.44. The zero-order valence-corrected chi connectivity index (χ0v) is 21.9. The number of pyridine rings is 1. The molecule has 0 spiro atoms. The molecule has 2 aliphatic rings. The number of rotatable bonds is 6. The van der Waals surface area contributed by atoms with E-state index >= 15 is 0 Å². The number of hydrogen-bond donors (Lipinski definition) is 1. The average Bonchev–Trinajstić information content (AvgIpc) is 2.82. The van der Waals surface area contributed by atoms with Gasteiger partial charge in [-0.05, 0) is 83.5 Å². The summed E-state index contributed by atoms with van der Waals surface area (Å²) in [6.07, 6.45) is 4.74. The maximum absolute atomic E-state index is 13.3. The fourth-order valence-electron chi connectivity index (χ4n) is 5.16.